The van der Waals surface area contributed by atoms with Crippen molar-refractivity contribution in [2.45, 2.75) is 11.8 Å². The van der Waals surface area contributed by atoms with Crippen molar-refractivity contribution in [2.24, 2.45) is 5.14 Å². The molecule has 1 heterocycles. The first-order valence-electron chi connectivity index (χ1n) is 7.00. The van der Waals surface area contributed by atoms with Gasteiger partial charge in [-0.1, -0.05) is 11.2 Å². The maximum atomic E-state index is 11.8. The number of rotatable bonds is 4. The molecule has 3 aromatic rings. The van der Waals surface area contributed by atoms with E-state index >= 15 is 0 Å². The van der Waals surface area contributed by atoms with Crippen LogP contribution in [0.15, 0.2) is 39.8 Å². The first kappa shape index (κ1) is 16.3. The van der Waals surface area contributed by atoms with Gasteiger partial charge in [-0.3, -0.25) is 0 Å². The van der Waals surface area contributed by atoms with Gasteiger partial charge < -0.3 is 14.0 Å². The molecule has 7 nitrogen and oxygen atoms in total. The zero-order chi connectivity index (χ0) is 17.5. The van der Waals surface area contributed by atoms with Gasteiger partial charge in [-0.15, -0.1) is 0 Å². The van der Waals surface area contributed by atoms with Crippen molar-refractivity contribution in [3.63, 3.8) is 0 Å². The van der Waals surface area contributed by atoms with E-state index in [9.17, 15) is 8.42 Å². The second-order valence-corrected chi connectivity index (χ2v) is 6.79. The normalized spacial score (nSPS) is 11.7. The van der Waals surface area contributed by atoms with E-state index in [2.05, 4.69) is 5.16 Å². The molecule has 0 aliphatic rings. The smallest absolute Gasteiger partial charge is 0.238 e. The van der Waals surface area contributed by atoms with Crippen molar-refractivity contribution >= 4 is 21.0 Å². The van der Waals surface area contributed by atoms with Gasteiger partial charge in [0.1, 0.15) is 0 Å². The quantitative estimate of drug-likeness (QED) is 0.776. The number of nitrogens with two attached hydrogens (primary N) is 1. The standard InChI is InChI=1S/C16H16N2O5S/c1-9-12-5-4-10(6-14(12)23-18-9)13-7-11(24(17,19)20)8-15(21-2)16(13)22-3/h4-8H,1-3H3,(H2,17,19,20). The molecule has 1 aromatic heterocycles. The predicted molar refractivity (Wildman–Crippen MR) is 88.7 cm³/mol. The summed E-state index contributed by atoms with van der Waals surface area (Å²) in [5.41, 5.74) is 2.59. The van der Waals surface area contributed by atoms with E-state index in [1.165, 1.54) is 26.4 Å². The van der Waals surface area contributed by atoms with Crippen LogP contribution in [0.4, 0.5) is 0 Å². The van der Waals surface area contributed by atoms with Crippen LogP contribution < -0.4 is 14.6 Å². The van der Waals surface area contributed by atoms with Crippen LogP contribution in [0.1, 0.15) is 5.69 Å². The van der Waals surface area contributed by atoms with Crippen LogP contribution in [-0.4, -0.2) is 27.8 Å². The number of fused-ring (bicyclic) bond motifs is 1. The van der Waals surface area contributed by atoms with Gasteiger partial charge in [-0.2, -0.15) is 0 Å². The van der Waals surface area contributed by atoms with E-state index in [0.29, 0.717) is 22.5 Å². The molecule has 2 N–H and O–H groups in total. The molecule has 0 amide bonds. The zero-order valence-electron chi connectivity index (χ0n) is 13.4. The summed E-state index contributed by atoms with van der Waals surface area (Å²) in [6.45, 7) is 1.84. The second kappa shape index (κ2) is 5.81. The monoisotopic (exact) mass is 348 g/mol. The summed E-state index contributed by atoms with van der Waals surface area (Å²) in [6, 6.07) is 8.22. The first-order chi connectivity index (χ1) is 11.3. The Labute approximate surface area is 139 Å². The lowest BCUT2D eigenvalue weighted by atomic mass is 10.0. The lowest BCUT2D eigenvalue weighted by molar-refractivity contribution is 0.355. The Hall–Kier alpha value is -2.58. The maximum absolute atomic E-state index is 11.8. The molecule has 0 bridgehead atoms. The predicted octanol–water partition coefficient (Wildman–Crippen LogP) is 2.47. The summed E-state index contributed by atoms with van der Waals surface area (Å²) in [7, 11) is -0.991. The molecule has 0 spiro atoms. The fourth-order valence-corrected chi connectivity index (χ4v) is 3.10. The molecule has 24 heavy (non-hydrogen) atoms. The molecule has 126 valence electrons. The third-order valence-electron chi connectivity index (χ3n) is 3.74. The number of hydrogen-bond donors (Lipinski definition) is 1. The summed E-state index contributed by atoms with van der Waals surface area (Å²) >= 11 is 0. The number of aromatic nitrogens is 1. The van der Waals surface area contributed by atoms with Gasteiger partial charge in [0.15, 0.2) is 17.1 Å². The largest absolute Gasteiger partial charge is 0.493 e. The van der Waals surface area contributed by atoms with Gasteiger partial charge >= 0.3 is 0 Å². The fraction of sp³-hybridized carbons (Fsp3) is 0.188. The highest BCUT2D eigenvalue weighted by Gasteiger charge is 2.19. The number of hydrogen-bond acceptors (Lipinski definition) is 6. The van der Waals surface area contributed by atoms with Crippen LogP contribution in [0.3, 0.4) is 0 Å². The molecule has 2 aromatic carbocycles. The van der Waals surface area contributed by atoms with Crippen molar-refractivity contribution < 1.29 is 22.4 Å². The summed E-state index contributed by atoms with van der Waals surface area (Å²) in [5, 5.41) is 10.1. The molecule has 0 radical (unpaired) electrons. The SMILES string of the molecule is COc1cc(S(N)(=O)=O)cc(-c2ccc3c(C)noc3c2)c1OC. The van der Waals surface area contributed by atoms with E-state index in [4.69, 9.17) is 19.1 Å². The molecular weight excluding hydrogens is 332 g/mol. The number of methoxy groups -OCH3 is 2. The van der Waals surface area contributed by atoms with Gasteiger partial charge in [0.05, 0.1) is 24.8 Å². The average Bonchev–Trinajstić information content (AvgIpc) is 2.93. The van der Waals surface area contributed by atoms with Crippen LogP contribution in [0.25, 0.3) is 22.1 Å². The summed E-state index contributed by atoms with van der Waals surface area (Å²) < 4.78 is 39.4. The molecule has 0 unspecified atom stereocenters. The third kappa shape index (κ3) is 2.70. The molecule has 3 rings (SSSR count). The van der Waals surface area contributed by atoms with Crippen LogP contribution in [0.2, 0.25) is 0 Å². The van der Waals surface area contributed by atoms with Gasteiger partial charge in [0.2, 0.25) is 10.0 Å². The first-order valence-corrected chi connectivity index (χ1v) is 8.55. The number of nitrogens with zero attached hydrogens (tertiary/aromatic N) is 1. The molecule has 0 saturated heterocycles. The Bertz CT molecular complexity index is 1020. The minimum Gasteiger partial charge on any atom is -0.493 e. The third-order valence-corrected chi connectivity index (χ3v) is 4.64. The molecule has 0 atom stereocenters. The lowest BCUT2D eigenvalue weighted by Crippen LogP contribution is -2.12. The van der Waals surface area contributed by atoms with Crippen LogP contribution in [0.5, 0.6) is 11.5 Å². The van der Waals surface area contributed by atoms with E-state index in [-0.39, 0.29) is 10.6 Å². The van der Waals surface area contributed by atoms with Crippen LogP contribution in [-0.2, 0) is 10.0 Å². The van der Waals surface area contributed by atoms with Gasteiger partial charge in [-0.25, -0.2) is 13.6 Å². The molecular formula is C16H16N2O5S. The van der Waals surface area contributed by atoms with E-state index in [1.807, 2.05) is 19.1 Å². The highest BCUT2D eigenvalue weighted by atomic mass is 32.2. The Morgan fingerprint density at radius 2 is 1.88 bits per heavy atom. The number of primary sulfonamides is 1. The van der Waals surface area contributed by atoms with E-state index in [0.717, 1.165) is 11.1 Å². The zero-order valence-corrected chi connectivity index (χ0v) is 14.2. The minimum absolute atomic E-state index is 0.0657. The Morgan fingerprint density at radius 3 is 2.50 bits per heavy atom. The van der Waals surface area contributed by atoms with Crippen LogP contribution >= 0.6 is 0 Å². The van der Waals surface area contributed by atoms with Crippen LogP contribution in [0, 0.1) is 6.92 Å². The lowest BCUT2D eigenvalue weighted by Gasteiger charge is -2.14. The topological polar surface area (TPSA) is 105 Å². The molecule has 0 fully saturated rings. The number of aryl methyl sites for hydroxylation is 1. The molecule has 0 aliphatic heterocycles. The van der Waals surface area contributed by atoms with Gasteiger partial charge in [0, 0.05) is 17.0 Å². The van der Waals surface area contributed by atoms with E-state index < -0.39 is 10.0 Å². The average molecular weight is 348 g/mol. The number of sulfonamides is 1. The summed E-state index contributed by atoms with van der Waals surface area (Å²) in [5.74, 6) is 0.674. The highest BCUT2D eigenvalue weighted by molar-refractivity contribution is 7.89. The van der Waals surface area contributed by atoms with E-state index in [1.54, 1.807) is 6.07 Å². The van der Waals surface area contributed by atoms with Crippen molar-refractivity contribution in [1.29, 1.82) is 0 Å². The van der Waals surface area contributed by atoms with Crippen molar-refractivity contribution in [2.75, 3.05) is 14.2 Å². The van der Waals surface area contributed by atoms with Crippen molar-refractivity contribution in [3.8, 4) is 22.6 Å². The Kier molecular flexibility index (Phi) is 3.94. The number of benzene rings is 2. The summed E-state index contributed by atoms with van der Waals surface area (Å²) in [4.78, 5) is -0.0657. The van der Waals surface area contributed by atoms with Gasteiger partial charge in [0.25, 0.3) is 0 Å². The Morgan fingerprint density at radius 1 is 1.12 bits per heavy atom. The molecule has 0 saturated carbocycles. The summed E-state index contributed by atoms with van der Waals surface area (Å²) in [6.07, 6.45) is 0. The second-order valence-electron chi connectivity index (χ2n) is 5.23. The molecule has 8 heteroatoms. The minimum atomic E-state index is -3.90. The fourth-order valence-electron chi connectivity index (χ4n) is 2.55. The number of ether oxygens (including phenoxy) is 2. The van der Waals surface area contributed by atoms with Crippen molar-refractivity contribution in [3.05, 3.63) is 36.0 Å². The molecule has 0 aliphatic carbocycles. The van der Waals surface area contributed by atoms with Crippen molar-refractivity contribution in [1.82, 2.24) is 5.16 Å². The highest BCUT2D eigenvalue weighted by Crippen LogP contribution is 2.41. The van der Waals surface area contributed by atoms with Gasteiger partial charge in [-0.05, 0) is 30.7 Å². The maximum Gasteiger partial charge on any atom is 0.238 e. The Balaban J connectivity index is 2.30.